The van der Waals surface area contributed by atoms with E-state index in [1.165, 1.54) is 25.5 Å². The smallest absolute Gasteiger partial charge is 0.232 e. The summed E-state index contributed by atoms with van der Waals surface area (Å²) in [6, 6.07) is -0.326. The molecule has 6 unspecified atom stereocenters. The molecular formula is C34H60F2N8O2. The van der Waals surface area contributed by atoms with E-state index >= 15 is 4.39 Å². The number of likely N-dealkylation sites (tertiary alicyclic amines) is 1. The lowest BCUT2D eigenvalue weighted by Crippen LogP contribution is -2.67. The van der Waals surface area contributed by atoms with Crippen LogP contribution in [0.1, 0.15) is 72.1 Å². The molecule has 3 aliphatic heterocycles. The van der Waals surface area contributed by atoms with Crippen LogP contribution in [0.5, 0.6) is 0 Å². The van der Waals surface area contributed by atoms with Crippen molar-refractivity contribution in [3.05, 3.63) is 12.8 Å². The number of hydrogen-bond acceptors (Lipinski definition) is 8. The zero-order chi connectivity index (χ0) is 33.2. The van der Waals surface area contributed by atoms with Crippen LogP contribution in [0, 0.1) is 17.8 Å². The van der Waals surface area contributed by atoms with Crippen LogP contribution in [0.2, 0.25) is 0 Å². The van der Waals surface area contributed by atoms with Gasteiger partial charge in [0.1, 0.15) is 18.3 Å². The molecule has 3 heterocycles. The van der Waals surface area contributed by atoms with E-state index in [1.807, 2.05) is 11.8 Å². The summed E-state index contributed by atoms with van der Waals surface area (Å²) >= 11 is 0. The molecule has 46 heavy (non-hydrogen) atoms. The maximum atomic E-state index is 15.7. The number of rotatable bonds is 15. The first kappa shape index (κ1) is 36.7. The third-order valence-corrected chi connectivity index (χ3v) is 10.7. The number of amides is 2. The summed E-state index contributed by atoms with van der Waals surface area (Å²) in [7, 11) is 0. The summed E-state index contributed by atoms with van der Waals surface area (Å²) in [5.41, 5.74) is 7.05. The van der Waals surface area contributed by atoms with Gasteiger partial charge in [-0.1, -0.05) is 40.2 Å². The second-order valence-electron chi connectivity index (χ2n) is 13.9. The van der Waals surface area contributed by atoms with Gasteiger partial charge in [0, 0.05) is 56.9 Å². The van der Waals surface area contributed by atoms with Crippen molar-refractivity contribution in [2.24, 2.45) is 28.5 Å². The summed E-state index contributed by atoms with van der Waals surface area (Å²) in [5, 5.41) is 9.22. The summed E-state index contributed by atoms with van der Waals surface area (Å²) in [6.45, 7) is 14.8. The Kier molecular flexibility index (Phi) is 14.2. The minimum atomic E-state index is -1.19. The number of nitrogens with two attached hydrogens (primary N) is 1. The minimum absolute atomic E-state index is 0.0332. The Hall–Kier alpha value is -2.15. The maximum absolute atomic E-state index is 15.7. The van der Waals surface area contributed by atoms with Crippen LogP contribution in [0.15, 0.2) is 17.8 Å². The highest BCUT2D eigenvalue weighted by Gasteiger charge is 2.43. The van der Waals surface area contributed by atoms with Gasteiger partial charge in [0.05, 0.1) is 24.8 Å². The zero-order valence-electron chi connectivity index (χ0n) is 28.4. The van der Waals surface area contributed by atoms with E-state index in [4.69, 9.17) is 5.73 Å². The number of nitrogens with zero attached hydrogens (tertiary/aromatic N) is 4. The molecule has 0 radical (unpaired) electrons. The van der Waals surface area contributed by atoms with E-state index in [0.29, 0.717) is 50.7 Å². The molecule has 3 saturated heterocycles. The summed E-state index contributed by atoms with van der Waals surface area (Å²) in [5.74, 6) is -1.13. The van der Waals surface area contributed by atoms with Crippen molar-refractivity contribution in [3.8, 4) is 0 Å². The Balaban J connectivity index is 1.41. The monoisotopic (exact) mass is 650 g/mol. The normalized spacial score (nSPS) is 28.5. The van der Waals surface area contributed by atoms with Crippen LogP contribution >= 0.6 is 0 Å². The molecule has 0 aromatic carbocycles. The van der Waals surface area contributed by atoms with Crippen molar-refractivity contribution in [2.45, 2.75) is 109 Å². The van der Waals surface area contributed by atoms with E-state index < -0.39 is 36.5 Å². The Morgan fingerprint density at radius 2 is 1.76 bits per heavy atom. The van der Waals surface area contributed by atoms with Crippen molar-refractivity contribution < 1.29 is 18.4 Å². The Labute approximate surface area is 275 Å². The molecule has 4 fully saturated rings. The molecule has 10 nitrogen and oxygen atoms in total. The first-order chi connectivity index (χ1) is 22.2. The molecule has 0 aromatic rings. The highest BCUT2D eigenvalue weighted by Crippen LogP contribution is 2.29. The molecule has 1 aliphatic carbocycles. The van der Waals surface area contributed by atoms with E-state index in [1.54, 1.807) is 6.92 Å². The van der Waals surface area contributed by atoms with Gasteiger partial charge in [-0.3, -0.25) is 24.4 Å². The van der Waals surface area contributed by atoms with E-state index in [0.717, 1.165) is 39.0 Å². The molecule has 5 N–H and O–H groups in total. The SMILES string of the molecule is C=CNC(N)[C@@H](C(=O)NC1CNCC(F)C1N1CCC(C(=O)N2CCN(C3CCC3)CC2)CC1)C(=NCC(F)CC)C(C)CCC. The number of carbonyl (C=O) groups is 2. The quantitative estimate of drug-likeness (QED) is 0.159. The molecule has 4 aliphatic rings. The first-order valence-electron chi connectivity index (χ1n) is 17.9. The lowest BCUT2D eigenvalue weighted by molar-refractivity contribution is -0.140. The average Bonchev–Trinajstić information content (AvgIpc) is 3.02. The van der Waals surface area contributed by atoms with Crippen LogP contribution in [0.25, 0.3) is 0 Å². The number of nitrogens with one attached hydrogen (secondary N) is 3. The fourth-order valence-electron chi connectivity index (χ4n) is 7.71. The van der Waals surface area contributed by atoms with Crippen LogP contribution in [0.4, 0.5) is 8.78 Å². The molecule has 2 amide bonds. The fourth-order valence-corrected chi connectivity index (χ4v) is 7.71. The van der Waals surface area contributed by atoms with Gasteiger partial charge >= 0.3 is 0 Å². The molecule has 12 heteroatoms. The number of piperidine rings is 2. The second-order valence-corrected chi connectivity index (χ2v) is 13.9. The van der Waals surface area contributed by atoms with Gasteiger partial charge < -0.3 is 26.6 Å². The average molecular weight is 651 g/mol. The number of piperazine rings is 1. The molecule has 7 atom stereocenters. The lowest BCUT2D eigenvalue weighted by Gasteiger charge is -2.46. The van der Waals surface area contributed by atoms with Crippen LogP contribution < -0.4 is 21.7 Å². The van der Waals surface area contributed by atoms with Crippen molar-refractivity contribution in [1.29, 1.82) is 0 Å². The van der Waals surface area contributed by atoms with Crippen molar-refractivity contribution >= 4 is 17.5 Å². The molecule has 1 saturated carbocycles. The van der Waals surface area contributed by atoms with Crippen molar-refractivity contribution in [1.82, 2.24) is 30.7 Å². The molecule has 262 valence electrons. The summed E-state index contributed by atoms with van der Waals surface area (Å²) in [6.07, 6.45) is 5.55. The molecular weight excluding hydrogens is 590 g/mol. The van der Waals surface area contributed by atoms with Crippen molar-refractivity contribution in [2.75, 3.05) is 58.9 Å². The summed E-state index contributed by atoms with van der Waals surface area (Å²) < 4.78 is 30.0. The number of aliphatic imine (C=N–C) groups is 1. The predicted octanol–water partition coefficient (Wildman–Crippen LogP) is 2.45. The Morgan fingerprint density at radius 1 is 1.07 bits per heavy atom. The van der Waals surface area contributed by atoms with Crippen molar-refractivity contribution in [3.63, 3.8) is 0 Å². The highest BCUT2D eigenvalue weighted by molar-refractivity contribution is 6.06. The second kappa shape index (κ2) is 17.8. The molecule has 0 aromatic heterocycles. The van der Waals surface area contributed by atoms with Crippen LogP contribution in [-0.2, 0) is 9.59 Å². The lowest BCUT2D eigenvalue weighted by atomic mass is 9.86. The third-order valence-electron chi connectivity index (χ3n) is 10.7. The van der Waals surface area contributed by atoms with Gasteiger partial charge in [0.15, 0.2) is 0 Å². The Morgan fingerprint density at radius 3 is 2.35 bits per heavy atom. The van der Waals surface area contributed by atoms with Gasteiger partial charge in [-0.05, 0) is 63.7 Å². The highest BCUT2D eigenvalue weighted by atomic mass is 19.1. The van der Waals surface area contributed by atoms with Crippen LogP contribution in [-0.4, -0.2) is 128 Å². The molecule has 0 spiro atoms. The fraction of sp³-hybridized carbons (Fsp3) is 0.853. The summed E-state index contributed by atoms with van der Waals surface area (Å²) in [4.78, 5) is 38.8. The number of alkyl halides is 2. The number of carbonyl (C=O) groups excluding carboxylic acids is 2. The Bertz CT molecular complexity index is 1010. The standard InChI is InChI=1S/C34H60F2N8O2/c1-5-9-23(4)30(40-20-25(35)6-2)29(32(37)39-7-3)33(45)41-28-22-38-21-27(36)31(28)43-14-12-24(13-15-43)34(46)44-18-16-42(17-19-44)26-10-8-11-26/h7,23-29,31-32,38-39H,3,5-6,8-22,37H2,1-2,4H3,(H,41,45)/t23?,25?,27?,28?,29-,31?,32?/m0/s1. The molecule has 0 bridgehead atoms. The van der Waals surface area contributed by atoms with Gasteiger partial charge in [-0.2, -0.15) is 0 Å². The largest absolute Gasteiger partial charge is 0.375 e. The van der Waals surface area contributed by atoms with Gasteiger partial charge in [-0.25, -0.2) is 8.78 Å². The van der Waals surface area contributed by atoms with Gasteiger partial charge in [-0.15, -0.1) is 0 Å². The zero-order valence-corrected chi connectivity index (χ0v) is 28.4. The number of halogens is 2. The van der Waals surface area contributed by atoms with Gasteiger partial charge in [0.25, 0.3) is 0 Å². The van der Waals surface area contributed by atoms with E-state index in [2.05, 4.69) is 44.2 Å². The minimum Gasteiger partial charge on any atom is -0.375 e. The van der Waals surface area contributed by atoms with E-state index in [-0.39, 0.29) is 36.7 Å². The van der Waals surface area contributed by atoms with Crippen LogP contribution in [0.3, 0.4) is 0 Å². The first-order valence-corrected chi connectivity index (χ1v) is 17.9. The topological polar surface area (TPSA) is 118 Å². The number of hydrogen-bond donors (Lipinski definition) is 4. The predicted molar refractivity (Wildman–Crippen MR) is 180 cm³/mol. The van der Waals surface area contributed by atoms with E-state index in [9.17, 15) is 14.0 Å². The third kappa shape index (κ3) is 9.26. The van der Waals surface area contributed by atoms with Gasteiger partial charge in [0.2, 0.25) is 11.8 Å². The molecule has 4 rings (SSSR count). The maximum Gasteiger partial charge on any atom is 0.232 e.